The van der Waals surface area contributed by atoms with Gasteiger partial charge < -0.3 is 4.74 Å². The first-order chi connectivity index (χ1) is 6.73. The second-order valence-corrected chi connectivity index (χ2v) is 6.72. The van der Waals surface area contributed by atoms with Crippen LogP contribution in [0.15, 0.2) is 0 Å². The van der Waals surface area contributed by atoms with E-state index in [1.165, 1.54) is 32.1 Å². The zero-order chi connectivity index (χ0) is 10.0. The van der Waals surface area contributed by atoms with Gasteiger partial charge >= 0.3 is 0 Å². The van der Waals surface area contributed by atoms with Crippen LogP contribution in [0.4, 0.5) is 0 Å². The molecule has 14 heavy (non-hydrogen) atoms. The highest BCUT2D eigenvalue weighted by Gasteiger charge is 2.42. The smallest absolute Gasteiger partial charge is 0.0476 e. The molecule has 0 atom stereocenters. The summed E-state index contributed by atoms with van der Waals surface area (Å²) in [4.78, 5) is 0. The Labute approximate surface area is 92.0 Å². The van der Waals surface area contributed by atoms with Crippen molar-refractivity contribution in [1.82, 2.24) is 0 Å². The minimum atomic E-state index is 0.641. The Morgan fingerprint density at radius 2 is 1.86 bits per heavy atom. The van der Waals surface area contributed by atoms with Crippen molar-refractivity contribution in [1.29, 1.82) is 0 Å². The fourth-order valence-electron chi connectivity index (χ4n) is 2.48. The van der Waals surface area contributed by atoms with Gasteiger partial charge in [-0.15, -0.1) is 0 Å². The Morgan fingerprint density at radius 3 is 2.29 bits per heavy atom. The summed E-state index contributed by atoms with van der Waals surface area (Å²) in [6.07, 6.45) is 6.91. The summed E-state index contributed by atoms with van der Waals surface area (Å²) in [6, 6.07) is 0. The third-order valence-electron chi connectivity index (χ3n) is 3.82. The zero-order valence-electron chi connectivity index (χ0n) is 9.42. The summed E-state index contributed by atoms with van der Waals surface area (Å²) in [5.41, 5.74) is 0. The van der Waals surface area contributed by atoms with Crippen molar-refractivity contribution >= 4 is 11.8 Å². The third kappa shape index (κ3) is 2.11. The lowest BCUT2D eigenvalue weighted by Gasteiger charge is -2.47. The molecule has 0 bridgehead atoms. The van der Waals surface area contributed by atoms with Crippen molar-refractivity contribution in [3.63, 3.8) is 0 Å². The van der Waals surface area contributed by atoms with Crippen LogP contribution in [0.3, 0.4) is 0 Å². The molecule has 1 aliphatic heterocycles. The van der Waals surface area contributed by atoms with E-state index in [1.54, 1.807) is 0 Å². The fourth-order valence-corrected chi connectivity index (χ4v) is 4.37. The molecule has 0 N–H and O–H groups in total. The molecule has 0 unspecified atom stereocenters. The van der Waals surface area contributed by atoms with Crippen molar-refractivity contribution in [3.8, 4) is 0 Å². The first-order valence-corrected chi connectivity index (χ1v) is 6.86. The van der Waals surface area contributed by atoms with Crippen LogP contribution in [-0.4, -0.2) is 23.2 Å². The molecule has 2 fully saturated rings. The molecule has 1 saturated heterocycles. The van der Waals surface area contributed by atoms with Crippen molar-refractivity contribution in [2.24, 2.45) is 5.92 Å². The van der Waals surface area contributed by atoms with Gasteiger partial charge in [-0.05, 0) is 31.6 Å². The lowest BCUT2D eigenvalue weighted by molar-refractivity contribution is 0.0992. The third-order valence-corrected chi connectivity index (χ3v) is 5.98. The normalized spacial score (nSPS) is 27.6. The van der Waals surface area contributed by atoms with Crippen molar-refractivity contribution in [2.75, 3.05) is 13.2 Å². The van der Waals surface area contributed by atoms with E-state index in [-0.39, 0.29) is 0 Å². The van der Waals surface area contributed by atoms with E-state index in [1.807, 2.05) is 0 Å². The monoisotopic (exact) mass is 214 g/mol. The largest absolute Gasteiger partial charge is 0.381 e. The molecule has 1 heterocycles. The van der Waals surface area contributed by atoms with E-state index in [9.17, 15) is 0 Å². The summed E-state index contributed by atoms with van der Waals surface area (Å²) in [5, 5.41) is 0.881. The Kier molecular flexibility index (Phi) is 3.43. The van der Waals surface area contributed by atoms with Gasteiger partial charge in [0.1, 0.15) is 0 Å². The quantitative estimate of drug-likeness (QED) is 0.711. The Balaban J connectivity index is 1.87. The number of thioether (sulfide) groups is 1. The summed E-state index contributed by atoms with van der Waals surface area (Å²) >= 11 is 2.28. The average Bonchev–Trinajstić information content (AvgIpc) is 2.12. The van der Waals surface area contributed by atoms with Gasteiger partial charge in [-0.1, -0.05) is 20.3 Å². The van der Waals surface area contributed by atoms with Crippen LogP contribution in [0.5, 0.6) is 0 Å². The van der Waals surface area contributed by atoms with Crippen LogP contribution >= 0.6 is 11.8 Å². The highest BCUT2D eigenvalue weighted by Crippen LogP contribution is 2.52. The molecule has 0 spiro atoms. The molecule has 82 valence electrons. The van der Waals surface area contributed by atoms with Gasteiger partial charge in [-0.3, -0.25) is 0 Å². The summed E-state index contributed by atoms with van der Waals surface area (Å²) < 4.78 is 6.05. The van der Waals surface area contributed by atoms with Crippen LogP contribution in [0.2, 0.25) is 0 Å². The van der Waals surface area contributed by atoms with Crippen molar-refractivity contribution in [3.05, 3.63) is 0 Å². The Morgan fingerprint density at radius 1 is 1.21 bits per heavy atom. The summed E-state index contributed by atoms with van der Waals surface area (Å²) in [5.74, 6) is 0.851. The highest BCUT2D eigenvalue weighted by atomic mass is 32.2. The standard InChI is InChI=1S/C12H22OS/c1-10(2)12(6-3-7-12)14-11-4-8-13-9-5-11/h10-11H,3-9H2,1-2H3. The fraction of sp³-hybridized carbons (Fsp3) is 1.00. The SMILES string of the molecule is CC(C)C1(SC2CCOCC2)CCC1. The van der Waals surface area contributed by atoms with Crippen LogP contribution in [-0.2, 0) is 4.74 Å². The van der Waals surface area contributed by atoms with Gasteiger partial charge in [0.05, 0.1) is 0 Å². The maximum Gasteiger partial charge on any atom is 0.0476 e. The predicted molar refractivity (Wildman–Crippen MR) is 62.9 cm³/mol. The molecule has 0 aromatic carbocycles. The molecule has 1 nitrogen and oxygen atoms in total. The van der Waals surface area contributed by atoms with Crippen LogP contribution < -0.4 is 0 Å². The highest BCUT2D eigenvalue weighted by molar-refractivity contribution is 8.01. The molecule has 0 aromatic heterocycles. The van der Waals surface area contributed by atoms with Gasteiger partial charge in [-0.25, -0.2) is 0 Å². The maximum atomic E-state index is 5.41. The molecule has 0 radical (unpaired) electrons. The number of ether oxygens (including phenoxy) is 1. The zero-order valence-corrected chi connectivity index (χ0v) is 10.2. The number of rotatable bonds is 3. The van der Waals surface area contributed by atoms with Gasteiger partial charge in [0.2, 0.25) is 0 Å². The van der Waals surface area contributed by atoms with Crippen LogP contribution in [0, 0.1) is 5.92 Å². The molecule has 0 aromatic rings. The molecule has 1 saturated carbocycles. The second-order valence-electron chi connectivity index (χ2n) is 5.00. The molecule has 2 heteroatoms. The Bertz CT molecular complexity index is 181. The van der Waals surface area contributed by atoms with Gasteiger partial charge in [-0.2, -0.15) is 11.8 Å². The molecular weight excluding hydrogens is 192 g/mol. The average molecular weight is 214 g/mol. The van der Waals surface area contributed by atoms with E-state index in [4.69, 9.17) is 4.74 Å². The lowest BCUT2D eigenvalue weighted by atomic mass is 9.76. The first kappa shape index (κ1) is 10.8. The second kappa shape index (κ2) is 4.44. The molecule has 0 amide bonds. The van der Waals surface area contributed by atoms with Gasteiger partial charge in [0.25, 0.3) is 0 Å². The van der Waals surface area contributed by atoms with E-state index >= 15 is 0 Å². The van der Waals surface area contributed by atoms with Crippen molar-refractivity contribution in [2.45, 2.75) is 55.9 Å². The maximum absolute atomic E-state index is 5.41. The number of hydrogen-bond donors (Lipinski definition) is 0. The van der Waals surface area contributed by atoms with E-state index in [0.29, 0.717) is 4.75 Å². The molecular formula is C12H22OS. The Hall–Kier alpha value is 0.310. The minimum Gasteiger partial charge on any atom is -0.381 e. The first-order valence-electron chi connectivity index (χ1n) is 5.98. The van der Waals surface area contributed by atoms with Crippen LogP contribution in [0.1, 0.15) is 46.0 Å². The molecule has 2 rings (SSSR count). The van der Waals surface area contributed by atoms with E-state index in [2.05, 4.69) is 25.6 Å². The topological polar surface area (TPSA) is 9.23 Å². The number of hydrogen-bond acceptors (Lipinski definition) is 2. The van der Waals surface area contributed by atoms with Crippen LogP contribution in [0.25, 0.3) is 0 Å². The van der Waals surface area contributed by atoms with E-state index < -0.39 is 0 Å². The summed E-state index contributed by atoms with van der Waals surface area (Å²) in [6.45, 7) is 6.77. The van der Waals surface area contributed by atoms with E-state index in [0.717, 1.165) is 24.4 Å². The predicted octanol–water partition coefficient (Wildman–Crippen LogP) is 3.48. The minimum absolute atomic E-state index is 0.641. The molecule has 2 aliphatic rings. The van der Waals surface area contributed by atoms with Gasteiger partial charge in [0, 0.05) is 23.2 Å². The molecule has 1 aliphatic carbocycles. The van der Waals surface area contributed by atoms with Gasteiger partial charge in [0.15, 0.2) is 0 Å². The summed E-state index contributed by atoms with van der Waals surface area (Å²) in [7, 11) is 0. The lowest BCUT2D eigenvalue weighted by Crippen LogP contribution is -2.41. The van der Waals surface area contributed by atoms with Crippen molar-refractivity contribution < 1.29 is 4.74 Å².